The molecule has 0 aliphatic heterocycles. The monoisotopic (exact) mass is 335 g/mol. The number of aliphatic hydroxyl groups excluding tert-OH is 1. The third-order valence-electron chi connectivity index (χ3n) is 3.18. The van der Waals surface area contributed by atoms with Crippen molar-refractivity contribution in [2.45, 2.75) is 44.9 Å². The first-order valence-electron chi connectivity index (χ1n) is 7.06. The van der Waals surface area contributed by atoms with Gasteiger partial charge in [0.15, 0.2) is 0 Å². The molecule has 130 valence electrons. The first-order chi connectivity index (χ1) is 10.6. The Bertz CT molecular complexity index is 601. The van der Waals surface area contributed by atoms with Crippen molar-refractivity contribution < 1.29 is 23.1 Å². The number of halogens is 3. The first-order valence-corrected chi connectivity index (χ1v) is 7.06. The van der Waals surface area contributed by atoms with Crippen LogP contribution in [0.2, 0.25) is 0 Å². The summed E-state index contributed by atoms with van der Waals surface area (Å²) in [6.45, 7) is 1.76. The first kappa shape index (κ1) is 19.0. The van der Waals surface area contributed by atoms with Crippen molar-refractivity contribution in [2.75, 3.05) is 11.9 Å². The number of hydrogen-bond acceptors (Lipinski definition) is 3. The summed E-state index contributed by atoms with van der Waals surface area (Å²) in [5.74, 6) is 0. The zero-order chi connectivity index (χ0) is 17.7. The van der Waals surface area contributed by atoms with Crippen molar-refractivity contribution in [3.63, 3.8) is 0 Å². The molecule has 1 heterocycles. The molecule has 0 aromatic carbocycles. The van der Waals surface area contributed by atoms with Crippen molar-refractivity contribution in [3.05, 3.63) is 28.7 Å². The maximum Gasteiger partial charge on any atom is 0.406 e. The second-order valence-corrected chi connectivity index (χ2v) is 5.52. The van der Waals surface area contributed by atoms with E-state index in [0.717, 1.165) is 6.20 Å². The van der Waals surface area contributed by atoms with Crippen LogP contribution < -0.4 is 16.2 Å². The van der Waals surface area contributed by atoms with E-state index in [0.29, 0.717) is 17.4 Å². The predicted octanol–water partition coefficient (Wildman–Crippen LogP) is 2.08. The Labute approximate surface area is 131 Å². The summed E-state index contributed by atoms with van der Waals surface area (Å²) < 4.78 is 37.6. The van der Waals surface area contributed by atoms with Gasteiger partial charge in [-0.3, -0.25) is 4.79 Å². The van der Waals surface area contributed by atoms with Crippen molar-refractivity contribution in [2.24, 2.45) is 0 Å². The summed E-state index contributed by atoms with van der Waals surface area (Å²) in [7, 11) is 0. The molecule has 0 bridgehead atoms. The van der Waals surface area contributed by atoms with E-state index < -0.39 is 29.9 Å². The quantitative estimate of drug-likeness (QED) is 0.744. The summed E-state index contributed by atoms with van der Waals surface area (Å²) in [6, 6.07) is 1.68. The lowest BCUT2D eigenvalue weighted by molar-refractivity contribution is -0.141. The highest BCUT2D eigenvalue weighted by Gasteiger charge is 2.29. The van der Waals surface area contributed by atoms with Gasteiger partial charge < -0.3 is 20.3 Å². The van der Waals surface area contributed by atoms with Gasteiger partial charge in [-0.1, -0.05) is 13.3 Å². The molecule has 1 rings (SSSR count). The van der Waals surface area contributed by atoms with Crippen molar-refractivity contribution in [1.82, 2.24) is 9.88 Å². The number of aliphatic hydroxyl groups is 1. The van der Waals surface area contributed by atoms with Gasteiger partial charge in [-0.2, -0.15) is 13.2 Å². The summed E-state index contributed by atoms with van der Waals surface area (Å²) in [4.78, 5) is 23.8. The van der Waals surface area contributed by atoms with E-state index in [4.69, 9.17) is 0 Å². The van der Waals surface area contributed by atoms with Gasteiger partial charge in [-0.05, 0) is 25.5 Å². The van der Waals surface area contributed by atoms with E-state index in [1.165, 1.54) is 12.1 Å². The molecule has 0 aliphatic carbocycles. The lowest BCUT2D eigenvalue weighted by atomic mass is 9.98. The normalized spacial score (nSPS) is 14.2. The number of anilines is 1. The molecule has 0 saturated heterocycles. The van der Waals surface area contributed by atoms with Crippen LogP contribution in [-0.2, 0) is 6.54 Å². The Morgan fingerprint density at radius 2 is 2.04 bits per heavy atom. The largest absolute Gasteiger partial charge is 0.406 e. The fourth-order valence-electron chi connectivity index (χ4n) is 2.11. The Kier molecular flexibility index (Phi) is 6.20. The van der Waals surface area contributed by atoms with Crippen LogP contribution in [0.25, 0.3) is 0 Å². The van der Waals surface area contributed by atoms with Crippen LogP contribution in [0.1, 0.15) is 26.7 Å². The van der Waals surface area contributed by atoms with Gasteiger partial charge in [0, 0.05) is 6.20 Å². The molecular weight excluding hydrogens is 315 g/mol. The number of alkyl halides is 3. The minimum absolute atomic E-state index is 0.272. The van der Waals surface area contributed by atoms with Crippen LogP contribution in [-0.4, -0.2) is 34.0 Å². The van der Waals surface area contributed by atoms with Gasteiger partial charge in [0.25, 0.3) is 5.56 Å². The number of hydrogen-bond donors (Lipinski definition) is 3. The Morgan fingerprint density at radius 3 is 2.57 bits per heavy atom. The second-order valence-electron chi connectivity index (χ2n) is 5.52. The van der Waals surface area contributed by atoms with Crippen LogP contribution in [0.3, 0.4) is 0 Å². The number of pyridine rings is 1. The van der Waals surface area contributed by atoms with Gasteiger partial charge in [-0.25, -0.2) is 4.79 Å². The molecule has 0 spiro atoms. The molecule has 0 aliphatic rings. The highest BCUT2D eigenvalue weighted by Crippen LogP contribution is 2.16. The summed E-state index contributed by atoms with van der Waals surface area (Å²) in [5, 5.41) is 14.1. The van der Waals surface area contributed by atoms with E-state index in [2.05, 4.69) is 10.6 Å². The second kappa shape index (κ2) is 7.49. The average molecular weight is 335 g/mol. The maximum atomic E-state index is 12.4. The number of nitrogens with zero attached hydrogens (tertiary/aromatic N) is 1. The minimum atomic E-state index is -4.54. The number of amides is 2. The van der Waals surface area contributed by atoms with Crippen LogP contribution in [0.15, 0.2) is 23.1 Å². The number of carbonyl (C=O) groups excluding carboxylic acids is 1. The Morgan fingerprint density at radius 1 is 1.39 bits per heavy atom. The third kappa shape index (κ3) is 5.93. The molecule has 9 heteroatoms. The Balaban J connectivity index is 2.87. The number of urea groups is 1. The standard InChI is InChI=1S/C14H20F3N3O3/c1-3-6-13(2,9-21)19-12(23)18-10-5-4-7-20(11(10)22)8-14(15,16)17/h4-5,7,21H,3,6,8-9H2,1-2H3,(H2,18,19,23). The van der Waals surface area contributed by atoms with Crippen LogP contribution in [0, 0.1) is 0 Å². The molecule has 0 radical (unpaired) electrons. The summed E-state index contributed by atoms with van der Waals surface area (Å²) >= 11 is 0. The highest BCUT2D eigenvalue weighted by atomic mass is 19.4. The number of nitrogens with one attached hydrogen (secondary N) is 2. The van der Waals surface area contributed by atoms with E-state index >= 15 is 0 Å². The minimum Gasteiger partial charge on any atom is -0.394 e. The molecule has 3 N–H and O–H groups in total. The Hall–Kier alpha value is -2.03. The number of carbonyl (C=O) groups is 1. The molecule has 6 nitrogen and oxygen atoms in total. The topological polar surface area (TPSA) is 83.4 Å². The SMILES string of the molecule is CCCC(C)(CO)NC(=O)Nc1cccn(CC(F)(F)F)c1=O. The van der Waals surface area contributed by atoms with Gasteiger partial charge in [-0.15, -0.1) is 0 Å². The molecule has 0 fully saturated rings. The van der Waals surface area contributed by atoms with Gasteiger partial charge >= 0.3 is 12.2 Å². The fourth-order valence-corrected chi connectivity index (χ4v) is 2.11. The van der Waals surface area contributed by atoms with Crippen LogP contribution >= 0.6 is 0 Å². The number of rotatable bonds is 6. The van der Waals surface area contributed by atoms with Crippen LogP contribution in [0.5, 0.6) is 0 Å². The molecule has 2 amide bonds. The molecule has 23 heavy (non-hydrogen) atoms. The summed E-state index contributed by atoms with van der Waals surface area (Å²) in [6.07, 6.45) is -2.33. The van der Waals surface area contributed by atoms with E-state index in [-0.39, 0.29) is 12.3 Å². The highest BCUT2D eigenvalue weighted by molar-refractivity contribution is 5.89. The zero-order valence-electron chi connectivity index (χ0n) is 12.9. The summed E-state index contributed by atoms with van der Waals surface area (Å²) in [5.41, 5.74) is -2.11. The molecule has 0 saturated carbocycles. The molecule has 1 unspecified atom stereocenters. The van der Waals surface area contributed by atoms with E-state index in [1.807, 2.05) is 6.92 Å². The number of aromatic nitrogens is 1. The predicted molar refractivity (Wildman–Crippen MR) is 79.3 cm³/mol. The van der Waals surface area contributed by atoms with Crippen molar-refractivity contribution >= 4 is 11.7 Å². The zero-order valence-corrected chi connectivity index (χ0v) is 12.9. The fraction of sp³-hybridized carbons (Fsp3) is 0.571. The van der Waals surface area contributed by atoms with Crippen molar-refractivity contribution in [1.29, 1.82) is 0 Å². The molecular formula is C14H20F3N3O3. The smallest absolute Gasteiger partial charge is 0.394 e. The van der Waals surface area contributed by atoms with Crippen molar-refractivity contribution in [3.8, 4) is 0 Å². The van der Waals surface area contributed by atoms with E-state index in [9.17, 15) is 27.9 Å². The molecule has 1 aromatic heterocycles. The average Bonchev–Trinajstić information content (AvgIpc) is 2.42. The van der Waals surface area contributed by atoms with Crippen LogP contribution in [0.4, 0.5) is 23.7 Å². The van der Waals surface area contributed by atoms with E-state index in [1.54, 1.807) is 6.92 Å². The lowest BCUT2D eigenvalue weighted by Gasteiger charge is -2.28. The molecule has 1 aromatic rings. The third-order valence-corrected chi connectivity index (χ3v) is 3.18. The molecule has 1 atom stereocenters. The lowest BCUT2D eigenvalue weighted by Crippen LogP contribution is -2.50. The van der Waals surface area contributed by atoms with Gasteiger partial charge in [0.05, 0.1) is 12.1 Å². The van der Waals surface area contributed by atoms with Gasteiger partial charge in [0.1, 0.15) is 12.2 Å². The van der Waals surface area contributed by atoms with Gasteiger partial charge in [0.2, 0.25) is 0 Å². The maximum absolute atomic E-state index is 12.4.